The van der Waals surface area contributed by atoms with Crippen LogP contribution in [0, 0.1) is 18.8 Å². The molecule has 3 aromatic carbocycles. The van der Waals surface area contributed by atoms with Gasteiger partial charge in [-0.15, -0.1) is 0 Å². The lowest BCUT2D eigenvalue weighted by atomic mass is 9.74. The summed E-state index contributed by atoms with van der Waals surface area (Å²) in [6, 6.07) is 27.2. The molecule has 3 amide bonds. The molecule has 0 aromatic heterocycles. The van der Waals surface area contributed by atoms with E-state index in [4.69, 9.17) is 9.90 Å². The van der Waals surface area contributed by atoms with Crippen molar-refractivity contribution in [1.82, 2.24) is 15.1 Å². The summed E-state index contributed by atoms with van der Waals surface area (Å²) in [6.45, 7) is 3.38. The van der Waals surface area contributed by atoms with Gasteiger partial charge in [0.25, 0.3) is 0 Å². The van der Waals surface area contributed by atoms with Crippen molar-refractivity contribution in [3.05, 3.63) is 107 Å². The normalized spacial score (nSPS) is 24.7. The van der Waals surface area contributed by atoms with Crippen molar-refractivity contribution >= 4 is 23.7 Å². The lowest BCUT2D eigenvalue weighted by molar-refractivity contribution is -0.192. The van der Waals surface area contributed by atoms with Crippen molar-refractivity contribution in [2.45, 2.75) is 50.6 Å². The third kappa shape index (κ3) is 5.96. The third-order valence-corrected chi connectivity index (χ3v) is 8.49. The molecule has 0 saturated carbocycles. The Labute approximate surface area is 252 Å². The molecule has 3 aromatic rings. The number of hydrogen-bond acceptors (Lipinski definition) is 5. The zero-order valence-electron chi connectivity index (χ0n) is 24.0. The van der Waals surface area contributed by atoms with Gasteiger partial charge in [0.15, 0.2) is 0 Å². The number of amides is 3. The first-order chi connectivity index (χ1) is 20.9. The number of nitrogens with zero attached hydrogens (tertiary/aromatic N) is 2. The fourth-order valence-electron chi connectivity index (χ4n) is 6.46. The van der Waals surface area contributed by atoms with Crippen molar-refractivity contribution in [1.29, 1.82) is 0 Å². The second-order valence-corrected chi connectivity index (χ2v) is 11.4. The van der Waals surface area contributed by atoms with Crippen molar-refractivity contribution in [2.75, 3.05) is 6.54 Å². The number of likely N-dealkylation sites (tertiary alicyclic amines) is 2. The summed E-state index contributed by atoms with van der Waals surface area (Å²) >= 11 is 0. The van der Waals surface area contributed by atoms with E-state index in [0.29, 0.717) is 19.5 Å². The smallest absolute Gasteiger partial charge is 0.475 e. The van der Waals surface area contributed by atoms with Crippen molar-refractivity contribution in [2.24, 2.45) is 11.8 Å². The van der Waals surface area contributed by atoms with Crippen LogP contribution in [0.25, 0.3) is 0 Å². The van der Waals surface area contributed by atoms with E-state index in [0.717, 1.165) is 28.7 Å². The summed E-state index contributed by atoms with van der Waals surface area (Å²) in [5.41, 5.74) is 2.92. The number of imide groups is 1. The van der Waals surface area contributed by atoms with Crippen LogP contribution in [-0.4, -0.2) is 56.9 Å². The lowest BCUT2D eigenvalue weighted by Gasteiger charge is -2.42. The van der Waals surface area contributed by atoms with Crippen LogP contribution >= 0.6 is 0 Å². The van der Waals surface area contributed by atoms with Crippen LogP contribution in [0.4, 0.5) is 13.2 Å². The molecule has 11 heteroatoms. The number of nitrogens with one attached hydrogen (secondary N) is 1. The molecule has 3 aliphatic rings. The largest absolute Gasteiger partial charge is 0.490 e. The fraction of sp³-hybridized carbons (Fsp3) is 0.333. The number of carbonyl (C=O) groups is 4. The van der Waals surface area contributed by atoms with Gasteiger partial charge in [0.2, 0.25) is 17.7 Å². The van der Waals surface area contributed by atoms with Gasteiger partial charge in [0.1, 0.15) is 5.54 Å². The standard InChI is InChI=1S/C31H31N3O3.C2HF3O2/c1-21-13-15-24(16-14-21)27-25-26(29(36)34(28(25)35)20-23-11-6-3-7-12-23)31(32-27)17-8-18-33(30(31)37)19-22-9-4-2-5-10-22;3-2(4,5)1(6)7/h2-7,9-16,25-27,32H,8,17-20H2,1H3;(H,6,7)/t25-,26-,27-,31-;/m1./s1. The molecule has 3 fully saturated rings. The average molecular weight is 608 g/mol. The van der Waals surface area contributed by atoms with Crippen LogP contribution in [0.2, 0.25) is 0 Å². The molecule has 0 unspecified atom stereocenters. The van der Waals surface area contributed by atoms with Crippen molar-refractivity contribution < 1.29 is 37.5 Å². The molecule has 3 saturated heterocycles. The minimum Gasteiger partial charge on any atom is -0.475 e. The summed E-state index contributed by atoms with van der Waals surface area (Å²) in [6.07, 6.45) is -3.77. The quantitative estimate of drug-likeness (QED) is 0.410. The van der Waals surface area contributed by atoms with Crippen LogP contribution in [0.3, 0.4) is 0 Å². The fourth-order valence-corrected chi connectivity index (χ4v) is 6.46. The maximum absolute atomic E-state index is 14.2. The number of hydrogen-bond donors (Lipinski definition) is 2. The van der Waals surface area contributed by atoms with E-state index in [9.17, 15) is 27.6 Å². The molecule has 0 radical (unpaired) electrons. The Bertz CT molecular complexity index is 1530. The molecule has 8 nitrogen and oxygen atoms in total. The maximum Gasteiger partial charge on any atom is 0.490 e. The van der Waals surface area contributed by atoms with Gasteiger partial charge in [-0.2, -0.15) is 13.2 Å². The number of carboxylic acid groups (broad SMARTS) is 1. The van der Waals surface area contributed by atoms with E-state index in [1.807, 2.05) is 96.8 Å². The highest BCUT2D eigenvalue weighted by Crippen LogP contribution is 2.52. The van der Waals surface area contributed by atoms with E-state index in [2.05, 4.69) is 5.32 Å². The monoisotopic (exact) mass is 607 g/mol. The number of rotatable bonds is 5. The van der Waals surface area contributed by atoms with Gasteiger partial charge in [-0.05, 0) is 36.5 Å². The topological polar surface area (TPSA) is 107 Å². The number of piperidine rings is 1. The first-order valence-electron chi connectivity index (χ1n) is 14.3. The summed E-state index contributed by atoms with van der Waals surface area (Å²) in [7, 11) is 0. The Morgan fingerprint density at radius 3 is 1.98 bits per heavy atom. The zero-order valence-corrected chi connectivity index (χ0v) is 24.0. The molecule has 0 bridgehead atoms. The van der Waals surface area contributed by atoms with Crippen LogP contribution in [-0.2, 0) is 32.3 Å². The summed E-state index contributed by atoms with van der Waals surface area (Å²) in [5.74, 6) is -4.60. The Morgan fingerprint density at radius 2 is 1.43 bits per heavy atom. The van der Waals surface area contributed by atoms with Crippen LogP contribution in [0.5, 0.6) is 0 Å². The van der Waals surface area contributed by atoms with Crippen molar-refractivity contribution in [3.63, 3.8) is 0 Å². The number of aryl methyl sites for hydroxylation is 1. The van der Waals surface area contributed by atoms with E-state index in [1.54, 1.807) is 0 Å². The van der Waals surface area contributed by atoms with Crippen LogP contribution in [0.15, 0.2) is 84.9 Å². The van der Waals surface area contributed by atoms with E-state index in [-0.39, 0.29) is 24.3 Å². The second-order valence-electron chi connectivity index (χ2n) is 11.4. The Hall–Kier alpha value is -4.51. The van der Waals surface area contributed by atoms with Gasteiger partial charge in [-0.3, -0.25) is 24.6 Å². The number of carboxylic acids is 1. The second kappa shape index (κ2) is 12.2. The Morgan fingerprint density at radius 1 is 0.886 bits per heavy atom. The molecule has 2 N–H and O–H groups in total. The SMILES string of the molecule is Cc1ccc([C@H]2N[C@]3(CCCN(Cc4ccccc4)C3=O)[C@H]3C(=O)N(Cc4ccccc4)C(=O)[C@@H]23)cc1.O=C(O)C(F)(F)F. The number of alkyl halides is 3. The molecular weight excluding hydrogens is 575 g/mol. The molecule has 3 heterocycles. The van der Waals surface area contributed by atoms with Gasteiger partial charge in [-0.1, -0.05) is 90.5 Å². The predicted octanol–water partition coefficient (Wildman–Crippen LogP) is 4.64. The predicted molar refractivity (Wildman–Crippen MR) is 154 cm³/mol. The average Bonchev–Trinajstić information content (AvgIpc) is 3.46. The highest BCUT2D eigenvalue weighted by molar-refractivity contribution is 6.10. The minimum atomic E-state index is -5.08. The van der Waals surface area contributed by atoms with E-state index >= 15 is 0 Å². The molecule has 44 heavy (non-hydrogen) atoms. The highest BCUT2D eigenvalue weighted by atomic mass is 19.4. The Kier molecular flexibility index (Phi) is 8.60. The molecule has 4 atom stereocenters. The van der Waals surface area contributed by atoms with Gasteiger partial charge in [-0.25, -0.2) is 4.79 Å². The summed E-state index contributed by atoms with van der Waals surface area (Å²) in [4.78, 5) is 54.3. The zero-order chi connectivity index (χ0) is 31.6. The lowest BCUT2D eigenvalue weighted by Crippen LogP contribution is -2.63. The van der Waals surface area contributed by atoms with Crippen LogP contribution in [0.1, 0.15) is 41.1 Å². The molecule has 1 spiro atoms. The first-order valence-corrected chi connectivity index (χ1v) is 14.3. The molecule has 230 valence electrons. The van der Waals surface area contributed by atoms with Gasteiger partial charge < -0.3 is 10.0 Å². The summed E-state index contributed by atoms with van der Waals surface area (Å²) in [5, 5.41) is 10.7. The Balaban J connectivity index is 0.000000493. The minimum absolute atomic E-state index is 0.0741. The molecular formula is C33H32F3N3O5. The van der Waals surface area contributed by atoms with E-state index < -0.39 is 35.6 Å². The number of carbonyl (C=O) groups excluding carboxylic acids is 3. The van der Waals surface area contributed by atoms with Gasteiger partial charge >= 0.3 is 12.1 Å². The molecule has 3 aliphatic heterocycles. The van der Waals surface area contributed by atoms with Gasteiger partial charge in [0, 0.05) is 19.1 Å². The van der Waals surface area contributed by atoms with Crippen molar-refractivity contribution in [3.8, 4) is 0 Å². The number of benzene rings is 3. The van der Waals surface area contributed by atoms with Gasteiger partial charge in [0.05, 0.1) is 18.4 Å². The van der Waals surface area contributed by atoms with Crippen LogP contribution < -0.4 is 5.32 Å². The summed E-state index contributed by atoms with van der Waals surface area (Å²) < 4.78 is 31.7. The molecule has 6 rings (SSSR count). The van der Waals surface area contributed by atoms with E-state index in [1.165, 1.54) is 4.90 Å². The first kappa shape index (κ1) is 30.9. The molecule has 0 aliphatic carbocycles. The highest BCUT2D eigenvalue weighted by Gasteiger charge is 2.68. The maximum atomic E-state index is 14.2. The number of aliphatic carboxylic acids is 1. The number of halogens is 3. The number of fused-ring (bicyclic) bond motifs is 2. The third-order valence-electron chi connectivity index (χ3n) is 8.49.